The number of carbonyl (C=O) groups excluding carboxylic acids is 3. The third-order valence-electron chi connectivity index (χ3n) is 7.64. The number of carbonyl (C=O) groups is 3. The number of hydrogen-bond donors (Lipinski definition) is 2. The number of pyridine rings is 1. The lowest BCUT2D eigenvalue weighted by molar-refractivity contribution is -0.125. The number of amides is 3. The molecule has 0 radical (unpaired) electrons. The standard InChI is InChI=1S/C31H31FN6O6/c1-42-26-5-2-19-3-7-29(39)33-14-20-10-22(32)13-23(11-20)44-25-8-9-37(16-24(25)36-30(40)17-43-27(26)12-19)31(41)21-4-6-28-34-18-35-38(28)15-21/h2,4-6,10-13,15,18,24-25H,3,7-9,14,16-17H2,1H3,(H,33,39)(H,36,40)/t24-,25-/m1/s1. The number of fused-ring (bicyclic) bond motifs is 6. The van der Waals surface area contributed by atoms with Gasteiger partial charge in [-0.1, -0.05) is 6.07 Å². The van der Waals surface area contributed by atoms with Crippen molar-refractivity contribution in [1.29, 1.82) is 0 Å². The predicted octanol–water partition coefficient (Wildman–Crippen LogP) is 2.30. The van der Waals surface area contributed by atoms with E-state index in [1.54, 1.807) is 41.4 Å². The first kappa shape index (κ1) is 28.9. The molecule has 1 fully saturated rings. The number of benzene rings is 2. The second-order valence-electron chi connectivity index (χ2n) is 10.7. The maximum Gasteiger partial charge on any atom is 0.258 e. The van der Waals surface area contributed by atoms with Gasteiger partial charge in [0, 0.05) is 44.7 Å². The first-order chi connectivity index (χ1) is 21.3. The monoisotopic (exact) mass is 602 g/mol. The molecule has 2 aliphatic rings. The van der Waals surface area contributed by atoms with Crippen LogP contribution in [0.1, 0.15) is 34.3 Å². The minimum Gasteiger partial charge on any atom is -0.493 e. The lowest BCUT2D eigenvalue weighted by atomic mass is 10.0. The molecule has 0 saturated carbocycles. The zero-order valence-corrected chi connectivity index (χ0v) is 24.0. The van der Waals surface area contributed by atoms with Crippen molar-refractivity contribution in [2.75, 3.05) is 26.8 Å². The van der Waals surface area contributed by atoms with E-state index in [0.29, 0.717) is 47.7 Å². The van der Waals surface area contributed by atoms with Crippen LogP contribution in [-0.2, 0) is 22.6 Å². The molecule has 2 aromatic carbocycles. The smallest absolute Gasteiger partial charge is 0.258 e. The quantitative estimate of drug-likeness (QED) is 0.357. The zero-order chi connectivity index (χ0) is 30.6. The van der Waals surface area contributed by atoms with Gasteiger partial charge in [-0.2, -0.15) is 5.10 Å². The summed E-state index contributed by atoms with van der Waals surface area (Å²) in [6, 6.07) is 12.3. The average molecular weight is 603 g/mol. The number of methoxy groups -OCH3 is 1. The molecule has 0 spiro atoms. The van der Waals surface area contributed by atoms with Crippen LogP contribution in [0, 0.1) is 5.82 Å². The number of aromatic nitrogens is 3. The SMILES string of the molecule is COc1ccc2cc1OCC(=O)N[C@@H]1CN(C(=O)c3ccc4ncnn4c3)CC[C@H]1Oc1cc(F)cc(c1)CNC(=O)CC2. The van der Waals surface area contributed by atoms with Gasteiger partial charge in [0.05, 0.1) is 18.7 Å². The molecule has 4 bridgehead atoms. The Bertz CT molecular complexity index is 1710. The van der Waals surface area contributed by atoms with E-state index >= 15 is 0 Å². The fourth-order valence-electron chi connectivity index (χ4n) is 5.41. The average Bonchev–Trinajstić information content (AvgIpc) is 3.50. The van der Waals surface area contributed by atoms with Gasteiger partial charge in [0.25, 0.3) is 11.8 Å². The van der Waals surface area contributed by atoms with Gasteiger partial charge in [-0.25, -0.2) is 13.9 Å². The van der Waals surface area contributed by atoms with E-state index in [9.17, 15) is 18.8 Å². The van der Waals surface area contributed by atoms with Gasteiger partial charge >= 0.3 is 0 Å². The summed E-state index contributed by atoms with van der Waals surface area (Å²) in [5, 5.41) is 9.89. The predicted molar refractivity (Wildman–Crippen MR) is 155 cm³/mol. The molecule has 0 aliphatic carbocycles. The van der Waals surface area contributed by atoms with Crippen LogP contribution < -0.4 is 24.8 Å². The van der Waals surface area contributed by atoms with Gasteiger partial charge in [-0.15, -0.1) is 0 Å². The number of ether oxygens (including phenoxy) is 3. The molecule has 44 heavy (non-hydrogen) atoms. The summed E-state index contributed by atoms with van der Waals surface area (Å²) in [6.07, 6.45) is 3.43. The van der Waals surface area contributed by atoms with Crippen molar-refractivity contribution in [2.24, 2.45) is 0 Å². The highest BCUT2D eigenvalue weighted by atomic mass is 19.1. The highest BCUT2D eigenvalue weighted by Gasteiger charge is 2.35. The summed E-state index contributed by atoms with van der Waals surface area (Å²) in [5.74, 6) is -0.324. The van der Waals surface area contributed by atoms with E-state index in [2.05, 4.69) is 20.7 Å². The molecule has 2 aliphatic heterocycles. The fourth-order valence-corrected chi connectivity index (χ4v) is 5.41. The molecule has 4 aromatic rings. The minimum absolute atomic E-state index is 0.118. The van der Waals surface area contributed by atoms with Crippen molar-refractivity contribution >= 4 is 23.4 Å². The van der Waals surface area contributed by atoms with Crippen LogP contribution in [0.4, 0.5) is 4.39 Å². The second-order valence-corrected chi connectivity index (χ2v) is 10.7. The number of aryl methyl sites for hydroxylation is 1. The summed E-state index contributed by atoms with van der Waals surface area (Å²) in [6.45, 7) is 0.267. The Morgan fingerprint density at radius 3 is 2.82 bits per heavy atom. The van der Waals surface area contributed by atoms with Gasteiger partial charge in [0.15, 0.2) is 23.8 Å². The van der Waals surface area contributed by atoms with Crippen molar-refractivity contribution < 1.29 is 33.0 Å². The highest BCUT2D eigenvalue weighted by molar-refractivity contribution is 5.94. The van der Waals surface area contributed by atoms with Crippen LogP contribution in [0.25, 0.3) is 5.65 Å². The van der Waals surface area contributed by atoms with Gasteiger partial charge in [0.1, 0.15) is 24.0 Å². The number of nitrogens with zero attached hydrogens (tertiary/aromatic N) is 4. The summed E-state index contributed by atoms with van der Waals surface area (Å²) in [7, 11) is 1.50. The molecular weight excluding hydrogens is 571 g/mol. The third kappa shape index (κ3) is 6.56. The molecule has 13 heteroatoms. The Hall–Kier alpha value is -5.20. The first-order valence-corrected chi connectivity index (χ1v) is 14.2. The molecule has 6 rings (SSSR count). The largest absolute Gasteiger partial charge is 0.493 e. The molecule has 228 valence electrons. The van der Waals surface area contributed by atoms with E-state index in [4.69, 9.17) is 14.2 Å². The lowest BCUT2D eigenvalue weighted by Crippen LogP contribution is -2.58. The van der Waals surface area contributed by atoms with Gasteiger partial charge in [0.2, 0.25) is 5.91 Å². The Morgan fingerprint density at radius 2 is 1.95 bits per heavy atom. The normalized spacial score (nSPS) is 19.4. The molecule has 3 amide bonds. The van der Waals surface area contributed by atoms with Crippen molar-refractivity contribution in [3.8, 4) is 17.2 Å². The third-order valence-corrected chi connectivity index (χ3v) is 7.64. The molecule has 2 N–H and O–H groups in total. The van der Waals surface area contributed by atoms with Gasteiger partial charge in [-0.05, 0) is 53.9 Å². The summed E-state index contributed by atoms with van der Waals surface area (Å²) in [4.78, 5) is 45.0. The van der Waals surface area contributed by atoms with Gasteiger partial charge in [-0.3, -0.25) is 14.4 Å². The van der Waals surface area contributed by atoms with Crippen LogP contribution in [0.2, 0.25) is 0 Å². The number of piperidine rings is 1. The minimum atomic E-state index is -0.641. The Morgan fingerprint density at radius 1 is 1.07 bits per heavy atom. The zero-order valence-electron chi connectivity index (χ0n) is 24.0. The van der Waals surface area contributed by atoms with E-state index in [-0.39, 0.29) is 43.7 Å². The molecule has 2 atom stereocenters. The molecule has 1 saturated heterocycles. The highest BCUT2D eigenvalue weighted by Crippen LogP contribution is 2.29. The Balaban J connectivity index is 1.27. The van der Waals surface area contributed by atoms with Crippen molar-refractivity contribution in [1.82, 2.24) is 30.1 Å². The molecule has 2 aromatic heterocycles. The van der Waals surface area contributed by atoms with Gasteiger partial charge < -0.3 is 29.7 Å². The summed E-state index contributed by atoms with van der Waals surface area (Å²) < 4.78 is 33.6. The molecule has 0 unspecified atom stereocenters. The topological polar surface area (TPSA) is 136 Å². The lowest BCUT2D eigenvalue weighted by Gasteiger charge is -2.39. The molecule has 4 heterocycles. The number of rotatable bonds is 2. The van der Waals surface area contributed by atoms with E-state index in [1.165, 1.54) is 30.1 Å². The Kier molecular flexibility index (Phi) is 8.26. The molecular formula is C31H31FN6O6. The van der Waals surface area contributed by atoms with Crippen molar-refractivity contribution in [2.45, 2.75) is 38.0 Å². The van der Waals surface area contributed by atoms with Crippen LogP contribution in [0.3, 0.4) is 0 Å². The molecule has 12 nitrogen and oxygen atoms in total. The summed E-state index contributed by atoms with van der Waals surface area (Å²) >= 11 is 0. The number of nitrogens with one attached hydrogen (secondary N) is 2. The first-order valence-electron chi connectivity index (χ1n) is 14.2. The van der Waals surface area contributed by atoms with E-state index in [1.807, 2.05) is 6.07 Å². The Labute approximate surface area is 252 Å². The van der Waals surface area contributed by atoms with E-state index in [0.717, 1.165) is 5.56 Å². The maximum atomic E-state index is 14.6. The fraction of sp³-hybridized carbons (Fsp3) is 0.323. The number of hydrogen-bond acceptors (Lipinski definition) is 8. The van der Waals surface area contributed by atoms with Crippen LogP contribution in [-0.4, -0.2) is 76.2 Å². The maximum absolute atomic E-state index is 14.6. The second kappa shape index (κ2) is 12.6. The van der Waals surface area contributed by atoms with Crippen LogP contribution in [0.15, 0.2) is 61.1 Å². The van der Waals surface area contributed by atoms with Crippen molar-refractivity contribution in [3.63, 3.8) is 0 Å². The summed E-state index contributed by atoms with van der Waals surface area (Å²) in [5.41, 5.74) is 2.39. The van der Waals surface area contributed by atoms with Crippen LogP contribution >= 0.6 is 0 Å². The van der Waals surface area contributed by atoms with Crippen LogP contribution in [0.5, 0.6) is 17.2 Å². The number of halogens is 1. The van der Waals surface area contributed by atoms with E-state index < -0.39 is 23.9 Å². The number of likely N-dealkylation sites (tertiary alicyclic amines) is 1. The van der Waals surface area contributed by atoms with Crippen molar-refractivity contribution in [3.05, 3.63) is 83.6 Å².